The van der Waals surface area contributed by atoms with Gasteiger partial charge in [-0.2, -0.15) is 18.3 Å². The van der Waals surface area contributed by atoms with Gasteiger partial charge in [-0.05, 0) is 56.0 Å². The average molecular weight is 496 g/mol. The van der Waals surface area contributed by atoms with Gasteiger partial charge in [-0.1, -0.05) is 0 Å². The van der Waals surface area contributed by atoms with Gasteiger partial charge in [0.15, 0.2) is 0 Å². The van der Waals surface area contributed by atoms with Crippen molar-refractivity contribution in [2.75, 3.05) is 27.3 Å². The standard InChI is InChI=1S/C21H26N4O3.C2HF3O2/c1-25-12-17(16-11-23-24-20(16)21(25)26)14-9-18(27-2)15(19(10-14)28-3)8-13-4-6-22-7-5-13;3-2(4,5)1(6)7/h9-13,22H,4-8H2,1-3H3,(H,23,24);(H,6,7). The number of methoxy groups -OCH3 is 2. The van der Waals surface area contributed by atoms with E-state index in [0.29, 0.717) is 11.4 Å². The minimum atomic E-state index is -5.08. The summed E-state index contributed by atoms with van der Waals surface area (Å²) in [6, 6.07) is 4.07. The number of benzene rings is 1. The normalized spacial score (nSPS) is 14.3. The van der Waals surface area contributed by atoms with Gasteiger partial charge in [0, 0.05) is 29.8 Å². The first kappa shape index (κ1) is 26.1. The molecule has 0 bridgehead atoms. The first-order valence-electron chi connectivity index (χ1n) is 10.9. The molecule has 0 spiro atoms. The molecule has 4 rings (SSSR count). The summed E-state index contributed by atoms with van der Waals surface area (Å²) in [5.41, 5.74) is 3.35. The lowest BCUT2D eigenvalue weighted by Gasteiger charge is -2.24. The van der Waals surface area contributed by atoms with E-state index in [0.717, 1.165) is 65.9 Å². The Balaban J connectivity index is 0.000000429. The number of carboxylic acids is 1. The van der Waals surface area contributed by atoms with E-state index in [1.54, 1.807) is 32.0 Å². The van der Waals surface area contributed by atoms with Crippen LogP contribution < -0.4 is 20.3 Å². The average Bonchev–Trinajstić information content (AvgIpc) is 3.32. The van der Waals surface area contributed by atoms with Crippen molar-refractivity contribution < 1.29 is 32.5 Å². The number of aliphatic carboxylic acids is 1. The molecule has 0 saturated carbocycles. The molecular formula is C23H27F3N4O5. The summed E-state index contributed by atoms with van der Waals surface area (Å²) < 4.78 is 44.8. The predicted octanol–water partition coefficient (Wildman–Crippen LogP) is 3.12. The van der Waals surface area contributed by atoms with E-state index in [2.05, 4.69) is 15.5 Å². The van der Waals surface area contributed by atoms with Crippen molar-refractivity contribution in [2.45, 2.75) is 25.4 Å². The maximum Gasteiger partial charge on any atom is 0.490 e. The molecule has 1 aliphatic heterocycles. The quantitative estimate of drug-likeness (QED) is 0.497. The molecule has 9 nitrogen and oxygen atoms in total. The van der Waals surface area contributed by atoms with Crippen LogP contribution in [0.2, 0.25) is 0 Å². The molecule has 3 aromatic rings. The molecule has 190 valence electrons. The number of H-pyrrole nitrogens is 1. The van der Waals surface area contributed by atoms with Crippen LogP contribution in [-0.2, 0) is 18.3 Å². The van der Waals surface area contributed by atoms with Gasteiger partial charge in [-0.25, -0.2) is 4.79 Å². The van der Waals surface area contributed by atoms with Crippen LogP contribution >= 0.6 is 0 Å². The zero-order valence-corrected chi connectivity index (χ0v) is 19.5. The third-order valence-electron chi connectivity index (χ3n) is 5.90. The van der Waals surface area contributed by atoms with E-state index < -0.39 is 12.1 Å². The molecule has 1 aliphatic rings. The summed E-state index contributed by atoms with van der Waals surface area (Å²) >= 11 is 0. The fraction of sp³-hybridized carbons (Fsp3) is 0.435. The topological polar surface area (TPSA) is 118 Å². The van der Waals surface area contributed by atoms with Gasteiger partial charge in [-0.15, -0.1) is 0 Å². The highest BCUT2D eigenvalue weighted by atomic mass is 19.4. The van der Waals surface area contributed by atoms with Gasteiger partial charge in [0.05, 0.1) is 20.4 Å². The zero-order chi connectivity index (χ0) is 25.8. The van der Waals surface area contributed by atoms with Crippen LogP contribution in [0.15, 0.2) is 29.3 Å². The lowest BCUT2D eigenvalue weighted by atomic mass is 9.89. The van der Waals surface area contributed by atoms with Gasteiger partial charge in [0.2, 0.25) is 0 Å². The SMILES string of the molecule is COc1cc(-c2cn(C)c(=O)c3[nH]ncc23)cc(OC)c1CC1CCNCC1.O=C(O)C(F)(F)F. The highest BCUT2D eigenvalue weighted by molar-refractivity contribution is 5.94. The van der Waals surface area contributed by atoms with E-state index in [1.165, 1.54) is 0 Å². The molecule has 0 atom stereocenters. The Kier molecular flexibility index (Phi) is 8.05. The second kappa shape index (κ2) is 10.8. The number of nitrogens with zero attached hydrogens (tertiary/aromatic N) is 2. The molecule has 1 fully saturated rings. The minimum Gasteiger partial charge on any atom is -0.496 e. The molecule has 1 aromatic carbocycles. The number of hydrogen-bond acceptors (Lipinski definition) is 6. The van der Waals surface area contributed by atoms with Crippen LogP contribution in [0.1, 0.15) is 18.4 Å². The summed E-state index contributed by atoms with van der Waals surface area (Å²) in [5.74, 6) is -0.503. The number of fused-ring (bicyclic) bond motifs is 1. The largest absolute Gasteiger partial charge is 0.496 e. The molecule has 0 unspecified atom stereocenters. The van der Waals surface area contributed by atoms with Crippen LogP contribution in [0.4, 0.5) is 13.2 Å². The van der Waals surface area contributed by atoms with E-state index >= 15 is 0 Å². The number of aromatic amines is 1. The van der Waals surface area contributed by atoms with Crippen molar-refractivity contribution in [2.24, 2.45) is 13.0 Å². The molecule has 0 amide bonds. The second-order valence-corrected chi connectivity index (χ2v) is 8.18. The Labute approximate surface area is 198 Å². The number of pyridine rings is 1. The molecule has 3 heterocycles. The van der Waals surface area contributed by atoms with Gasteiger partial charge >= 0.3 is 12.1 Å². The number of aryl methyl sites for hydroxylation is 1. The first-order valence-corrected chi connectivity index (χ1v) is 10.9. The number of rotatable bonds is 5. The van der Waals surface area contributed by atoms with Gasteiger partial charge < -0.3 is 24.5 Å². The summed E-state index contributed by atoms with van der Waals surface area (Å²) in [6.07, 6.45) is 1.69. The van der Waals surface area contributed by atoms with E-state index in [-0.39, 0.29) is 5.56 Å². The molecular weight excluding hydrogens is 469 g/mol. The number of aromatic nitrogens is 3. The smallest absolute Gasteiger partial charge is 0.490 e. The fourth-order valence-corrected chi connectivity index (χ4v) is 4.10. The van der Waals surface area contributed by atoms with Crippen LogP contribution in [0.5, 0.6) is 11.5 Å². The van der Waals surface area contributed by atoms with Crippen LogP contribution in [0.3, 0.4) is 0 Å². The van der Waals surface area contributed by atoms with Crippen molar-refractivity contribution >= 4 is 16.9 Å². The minimum absolute atomic E-state index is 0.0993. The lowest BCUT2D eigenvalue weighted by Crippen LogP contribution is -2.28. The highest BCUT2D eigenvalue weighted by Crippen LogP contribution is 2.39. The number of nitrogens with one attached hydrogen (secondary N) is 2. The molecule has 35 heavy (non-hydrogen) atoms. The third kappa shape index (κ3) is 5.94. The Morgan fingerprint density at radius 1 is 1.20 bits per heavy atom. The number of hydrogen-bond donors (Lipinski definition) is 3. The number of ether oxygens (including phenoxy) is 2. The molecule has 0 aliphatic carbocycles. The molecule has 1 saturated heterocycles. The summed E-state index contributed by atoms with van der Waals surface area (Å²) in [6.45, 7) is 2.12. The highest BCUT2D eigenvalue weighted by Gasteiger charge is 2.38. The van der Waals surface area contributed by atoms with Crippen LogP contribution in [-0.4, -0.2) is 59.3 Å². The Bertz CT molecular complexity index is 1220. The fourth-order valence-electron chi connectivity index (χ4n) is 4.10. The monoisotopic (exact) mass is 496 g/mol. The molecule has 2 aromatic heterocycles. The number of alkyl halides is 3. The Morgan fingerprint density at radius 2 is 1.77 bits per heavy atom. The van der Waals surface area contributed by atoms with E-state index in [1.807, 2.05) is 18.3 Å². The van der Waals surface area contributed by atoms with Crippen molar-refractivity contribution in [3.05, 3.63) is 40.4 Å². The van der Waals surface area contributed by atoms with Crippen molar-refractivity contribution in [1.29, 1.82) is 0 Å². The molecule has 12 heteroatoms. The molecule has 3 N–H and O–H groups in total. The van der Waals surface area contributed by atoms with Crippen molar-refractivity contribution in [3.63, 3.8) is 0 Å². The van der Waals surface area contributed by atoms with E-state index in [9.17, 15) is 18.0 Å². The van der Waals surface area contributed by atoms with Crippen molar-refractivity contribution in [1.82, 2.24) is 20.1 Å². The molecule has 0 radical (unpaired) electrons. The first-order chi connectivity index (χ1) is 16.6. The van der Waals surface area contributed by atoms with Gasteiger partial charge in [0.1, 0.15) is 17.0 Å². The number of piperidine rings is 1. The van der Waals surface area contributed by atoms with Crippen molar-refractivity contribution in [3.8, 4) is 22.6 Å². The number of carbonyl (C=O) groups is 1. The second-order valence-electron chi connectivity index (χ2n) is 8.18. The lowest BCUT2D eigenvalue weighted by molar-refractivity contribution is -0.192. The Morgan fingerprint density at radius 3 is 2.29 bits per heavy atom. The maximum atomic E-state index is 12.3. The zero-order valence-electron chi connectivity index (χ0n) is 19.5. The van der Waals surface area contributed by atoms with Gasteiger partial charge in [0.25, 0.3) is 5.56 Å². The van der Waals surface area contributed by atoms with Gasteiger partial charge in [-0.3, -0.25) is 9.89 Å². The Hall–Kier alpha value is -3.54. The predicted molar refractivity (Wildman–Crippen MR) is 123 cm³/mol. The van der Waals surface area contributed by atoms with Crippen LogP contribution in [0, 0.1) is 5.92 Å². The number of halogens is 3. The summed E-state index contributed by atoms with van der Waals surface area (Å²) in [7, 11) is 5.13. The van der Waals surface area contributed by atoms with E-state index in [4.69, 9.17) is 19.4 Å². The summed E-state index contributed by atoms with van der Waals surface area (Å²) in [4.78, 5) is 21.2. The summed E-state index contributed by atoms with van der Waals surface area (Å²) in [5, 5.41) is 18.2. The third-order valence-corrected chi connectivity index (χ3v) is 5.90. The maximum absolute atomic E-state index is 12.3. The van der Waals surface area contributed by atoms with Crippen LogP contribution in [0.25, 0.3) is 22.0 Å². The number of carboxylic acid groups (broad SMARTS) is 1.